The van der Waals surface area contributed by atoms with Crippen LogP contribution >= 0.6 is 0 Å². The van der Waals surface area contributed by atoms with E-state index in [1.165, 1.54) is 0 Å². The molecule has 0 bridgehead atoms. The van der Waals surface area contributed by atoms with Crippen LogP contribution in [-0.4, -0.2) is 33.4 Å². The fourth-order valence-electron chi connectivity index (χ4n) is 1.05. The van der Waals surface area contributed by atoms with Crippen LogP contribution in [0.15, 0.2) is 6.33 Å². The van der Waals surface area contributed by atoms with Gasteiger partial charge in [0.2, 0.25) is 0 Å². The summed E-state index contributed by atoms with van der Waals surface area (Å²) in [5.41, 5.74) is 0. The van der Waals surface area contributed by atoms with E-state index in [1.807, 2.05) is 13.8 Å². The summed E-state index contributed by atoms with van der Waals surface area (Å²) in [4.78, 5) is 15.1. The van der Waals surface area contributed by atoms with E-state index in [-0.39, 0.29) is 18.6 Å². The lowest BCUT2D eigenvalue weighted by Gasteiger charge is -2.07. The Kier molecular flexibility index (Phi) is 4.23. The van der Waals surface area contributed by atoms with Gasteiger partial charge in [0.05, 0.1) is 19.2 Å². The van der Waals surface area contributed by atoms with Crippen LogP contribution in [0.25, 0.3) is 0 Å². The molecule has 84 valence electrons. The van der Waals surface area contributed by atoms with Crippen LogP contribution < -0.4 is 5.32 Å². The molecule has 0 aliphatic rings. The zero-order valence-electron chi connectivity index (χ0n) is 9.23. The maximum absolute atomic E-state index is 11.1. The Balaban J connectivity index is 2.19. The summed E-state index contributed by atoms with van der Waals surface area (Å²) in [5.74, 6) is 0.399. The largest absolute Gasteiger partial charge is 0.462 e. The average Bonchev–Trinajstić information content (AvgIpc) is 2.50. The quantitative estimate of drug-likeness (QED) is 0.688. The Morgan fingerprint density at radius 1 is 1.67 bits per heavy atom. The van der Waals surface area contributed by atoms with Gasteiger partial charge in [-0.3, -0.25) is 14.8 Å². The fourth-order valence-corrected chi connectivity index (χ4v) is 1.05. The van der Waals surface area contributed by atoms with Crippen molar-refractivity contribution in [2.24, 2.45) is 7.05 Å². The number of esters is 1. The van der Waals surface area contributed by atoms with E-state index in [2.05, 4.69) is 15.4 Å². The monoisotopic (exact) mass is 212 g/mol. The first-order valence-corrected chi connectivity index (χ1v) is 4.82. The second-order valence-electron chi connectivity index (χ2n) is 3.48. The lowest BCUT2D eigenvalue weighted by molar-refractivity contribution is -0.146. The number of carbonyl (C=O) groups excluding carboxylic acids is 1. The van der Waals surface area contributed by atoms with Crippen molar-refractivity contribution < 1.29 is 9.53 Å². The molecule has 0 amide bonds. The maximum atomic E-state index is 11.1. The van der Waals surface area contributed by atoms with Crippen molar-refractivity contribution in [1.82, 2.24) is 20.1 Å². The molecule has 1 heterocycles. The number of rotatable bonds is 5. The molecule has 0 spiro atoms. The number of nitrogens with one attached hydrogen (secondary N) is 1. The number of aromatic nitrogens is 3. The van der Waals surface area contributed by atoms with Gasteiger partial charge in [-0.1, -0.05) is 0 Å². The standard InChI is InChI=1S/C9H16N4O2/c1-7(2)15-9(14)5-10-4-8-11-6-13(3)12-8/h6-7,10H,4-5H2,1-3H3. The van der Waals surface area contributed by atoms with Crippen molar-refractivity contribution in [3.8, 4) is 0 Å². The summed E-state index contributed by atoms with van der Waals surface area (Å²) < 4.78 is 6.56. The van der Waals surface area contributed by atoms with E-state index in [9.17, 15) is 4.79 Å². The summed E-state index contributed by atoms with van der Waals surface area (Å²) in [6, 6.07) is 0. The van der Waals surface area contributed by atoms with E-state index in [4.69, 9.17) is 4.74 Å². The predicted molar refractivity (Wildman–Crippen MR) is 53.9 cm³/mol. The van der Waals surface area contributed by atoms with E-state index in [1.54, 1.807) is 18.1 Å². The number of aryl methyl sites for hydroxylation is 1. The van der Waals surface area contributed by atoms with Gasteiger partial charge >= 0.3 is 5.97 Å². The third-order valence-corrected chi connectivity index (χ3v) is 1.57. The highest BCUT2D eigenvalue weighted by Crippen LogP contribution is 1.89. The first-order chi connectivity index (χ1) is 7.08. The molecular weight excluding hydrogens is 196 g/mol. The Bertz CT molecular complexity index is 322. The highest BCUT2D eigenvalue weighted by molar-refractivity contribution is 5.71. The predicted octanol–water partition coefficient (Wildman–Crippen LogP) is -0.144. The SMILES string of the molecule is CC(C)OC(=O)CNCc1ncn(C)n1. The minimum atomic E-state index is -0.263. The molecule has 1 N–H and O–H groups in total. The lowest BCUT2D eigenvalue weighted by Crippen LogP contribution is -2.26. The average molecular weight is 212 g/mol. The molecule has 0 radical (unpaired) electrons. The molecular formula is C9H16N4O2. The smallest absolute Gasteiger partial charge is 0.320 e. The lowest BCUT2D eigenvalue weighted by atomic mass is 10.5. The summed E-state index contributed by atoms with van der Waals surface area (Å²) in [6.07, 6.45) is 1.54. The van der Waals surface area contributed by atoms with Crippen LogP contribution in [0.3, 0.4) is 0 Å². The summed E-state index contributed by atoms with van der Waals surface area (Å²) >= 11 is 0. The molecule has 0 aliphatic heterocycles. The minimum Gasteiger partial charge on any atom is -0.462 e. The molecule has 6 nitrogen and oxygen atoms in total. The molecule has 0 saturated carbocycles. The van der Waals surface area contributed by atoms with E-state index >= 15 is 0 Å². The molecule has 6 heteroatoms. The van der Waals surface area contributed by atoms with Crippen LogP contribution in [0.1, 0.15) is 19.7 Å². The molecule has 0 aromatic carbocycles. The van der Waals surface area contributed by atoms with Crippen LogP contribution in [0.5, 0.6) is 0 Å². The minimum absolute atomic E-state index is 0.0766. The van der Waals surface area contributed by atoms with Gasteiger partial charge < -0.3 is 4.74 Å². The molecule has 1 aromatic heterocycles. The Labute approximate surface area is 88.6 Å². The van der Waals surface area contributed by atoms with E-state index < -0.39 is 0 Å². The Morgan fingerprint density at radius 2 is 2.40 bits per heavy atom. The third-order valence-electron chi connectivity index (χ3n) is 1.57. The van der Waals surface area contributed by atoms with Crippen molar-refractivity contribution >= 4 is 5.97 Å². The van der Waals surface area contributed by atoms with Gasteiger partial charge in [-0.25, -0.2) is 4.98 Å². The maximum Gasteiger partial charge on any atom is 0.320 e. The van der Waals surface area contributed by atoms with Crippen molar-refractivity contribution in [3.63, 3.8) is 0 Å². The Morgan fingerprint density at radius 3 is 2.93 bits per heavy atom. The molecule has 0 aliphatic carbocycles. The summed E-state index contributed by atoms with van der Waals surface area (Å²) in [7, 11) is 1.80. The number of hydrogen-bond donors (Lipinski definition) is 1. The Hall–Kier alpha value is -1.43. The van der Waals surface area contributed by atoms with Crippen molar-refractivity contribution in [2.45, 2.75) is 26.5 Å². The van der Waals surface area contributed by atoms with Gasteiger partial charge in [-0.15, -0.1) is 0 Å². The van der Waals surface area contributed by atoms with Crippen molar-refractivity contribution in [2.75, 3.05) is 6.54 Å². The van der Waals surface area contributed by atoms with E-state index in [0.717, 1.165) is 0 Å². The van der Waals surface area contributed by atoms with Crippen LogP contribution in [-0.2, 0) is 23.1 Å². The summed E-state index contributed by atoms with van der Waals surface area (Å²) in [5, 5.41) is 6.97. The number of ether oxygens (including phenoxy) is 1. The molecule has 0 unspecified atom stereocenters. The van der Waals surface area contributed by atoms with Gasteiger partial charge in [-0.2, -0.15) is 5.10 Å². The van der Waals surface area contributed by atoms with Gasteiger partial charge in [0.1, 0.15) is 6.33 Å². The molecule has 0 fully saturated rings. The number of carbonyl (C=O) groups is 1. The van der Waals surface area contributed by atoms with Crippen LogP contribution in [0.2, 0.25) is 0 Å². The molecule has 0 saturated heterocycles. The number of hydrogen-bond acceptors (Lipinski definition) is 5. The van der Waals surface area contributed by atoms with E-state index in [0.29, 0.717) is 12.4 Å². The molecule has 1 rings (SSSR count). The first kappa shape index (κ1) is 11.6. The molecule has 1 aromatic rings. The second-order valence-corrected chi connectivity index (χ2v) is 3.48. The van der Waals surface area contributed by atoms with Gasteiger partial charge in [-0.05, 0) is 13.8 Å². The highest BCUT2D eigenvalue weighted by Gasteiger charge is 2.05. The normalized spacial score (nSPS) is 10.7. The topological polar surface area (TPSA) is 69.0 Å². The van der Waals surface area contributed by atoms with Crippen molar-refractivity contribution in [3.05, 3.63) is 12.2 Å². The molecule has 15 heavy (non-hydrogen) atoms. The fraction of sp³-hybridized carbons (Fsp3) is 0.667. The van der Waals surface area contributed by atoms with Gasteiger partial charge in [0.15, 0.2) is 5.82 Å². The number of nitrogens with zero attached hydrogens (tertiary/aromatic N) is 3. The first-order valence-electron chi connectivity index (χ1n) is 4.82. The van der Waals surface area contributed by atoms with Crippen molar-refractivity contribution in [1.29, 1.82) is 0 Å². The third kappa shape index (κ3) is 4.55. The van der Waals surface area contributed by atoms with Crippen LogP contribution in [0.4, 0.5) is 0 Å². The van der Waals surface area contributed by atoms with Crippen LogP contribution in [0, 0.1) is 0 Å². The van der Waals surface area contributed by atoms with Gasteiger partial charge in [0.25, 0.3) is 0 Å². The zero-order chi connectivity index (χ0) is 11.3. The second kappa shape index (κ2) is 5.45. The summed E-state index contributed by atoms with van der Waals surface area (Å²) in [6.45, 7) is 4.28. The zero-order valence-corrected chi connectivity index (χ0v) is 9.23. The highest BCUT2D eigenvalue weighted by atomic mass is 16.5. The van der Waals surface area contributed by atoms with Gasteiger partial charge in [0, 0.05) is 7.05 Å². The molecule has 0 atom stereocenters.